The second kappa shape index (κ2) is 9.96. The Morgan fingerprint density at radius 3 is 1.70 bits per heavy atom. The molecule has 0 aliphatic heterocycles. The standard InChI is InChI=1S/C22H24N2O6/c25-22(18-13-19(23(26)27)15-20(14-18)24(28)29)30-21-7-3-1-5-16-9-11-17(12-10-16)6-2-4-8-21/h9-15,21H,1-8H2. The van der Waals surface area contributed by atoms with E-state index in [1.165, 1.54) is 11.1 Å². The number of nitro groups is 2. The first-order chi connectivity index (χ1) is 14.4. The number of ether oxygens (including phenoxy) is 1. The van der Waals surface area contributed by atoms with Crippen LogP contribution in [0.2, 0.25) is 0 Å². The van der Waals surface area contributed by atoms with Gasteiger partial charge in [0.25, 0.3) is 11.4 Å². The van der Waals surface area contributed by atoms with Crippen molar-refractivity contribution < 1.29 is 19.4 Å². The summed E-state index contributed by atoms with van der Waals surface area (Å²) in [6.07, 6.45) is 6.69. The van der Waals surface area contributed by atoms with E-state index < -0.39 is 27.2 Å². The molecule has 2 bridgehead atoms. The molecule has 0 fully saturated rings. The lowest BCUT2D eigenvalue weighted by atomic mass is 10.0. The van der Waals surface area contributed by atoms with Crippen molar-refractivity contribution in [2.24, 2.45) is 0 Å². The summed E-state index contributed by atoms with van der Waals surface area (Å²) < 4.78 is 5.62. The molecule has 0 unspecified atom stereocenters. The van der Waals surface area contributed by atoms with Gasteiger partial charge in [-0.25, -0.2) is 4.79 Å². The van der Waals surface area contributed by atoms with E-state index in [2.05, 4.69) is 24.3 Å². The van der Waals surface area contributed by atoms with Crippen molar-refractivity contribution in [1.29, 1.82) is 0 Å². The van der Waals surface area contributed by atoms with Gasteiger partial charge in [0.2, 0.25) is 0 Å². The van der Waals surface area contributed by atoms with Gasteiger partial charge in [-0.05, 0) is 62.5 Å². The van der Waals surface area contributed by atoms with Crippen LogP contribution in [0.3, 0.4) is 0 Å². The summed E-state index contributed by atoms with van der Waals surface area (Å²) >= 11 is 0. The smallest absolute Gasteiger partial charge is 0.338 e. The number of hydrogen-bond donors (Lipinski definition) is 0. The molecule has 2 aliphatic carbocycles. The van der Waals surface area contributed by atoms with Crippen molar-refractivity contribution in [3.05, 3.63) is 79.4 Å². The minimum absolute atomic E-state index is 0.170. The molecule has 4 rings (SSSR count). The van der Waals surface area contributed by atoms with E-state index in [1.54, 1.807) is 0 Å². The van der Waals surface area contributed by atoms with Gasteiger partial charge in [0.05, 0.1) is 21.5 Å². The normalized spacial score (nSPS) is 15.5. The van der Waals surface area contributed by atoms with Crippen LogP contribution in [0, 0.1) is 20.2 Å². The molecular weight excluding hydrogens is 388 g/mol. The number of non-ortho nitro benzene ring substituents is 2. The summed E-state index contributed by atoms with van der Waals surface area (Å²) in [5, 5.41) is 22.1. The molecule has 0 amide bonds. The molecule has 0 spiro atoms. The maximum Gasteiger partial charge on any atom is 0.338 e. The van der Waals surface area contributed by atoms with Crippen molar-refractivity contribution in [3.8, 4) is 0 Å². The first-order valence-electron chi connectivity index (χ1n) is 10.1. The average molecular weight is 412 g/mol. The van der Waals surface area contributed by atoms with Crippen LogP contribution in [0.25, 0.3) is 0 Å². The lowest BCUT2D eigenvalue weighted by Crippen LogP contribution is -2.19. The fourth-order valence-corrected chi connectivity index (χ4v) is 3.68. The Bertz CT molecular complexity index is 862. The van der Waals surface area contributed by atoms with Gasteiger partial charge < -0.3 is 4.74 Å². The number of nitro benzene ring substituents is 2. The maximum atomic E-state index is 12.6. The largest absolute Gasteiger partial charge is 0.459 e. The zero-order valence-corrected chi connectivity index (χ0v) is 16.6. The fraction of sp³-hybridized carbons (Fsp3) is 0.409. The Labute approximate surface area is 174 Å². The Kier molecular flexibility index (Phi) is 7.11. The van der Waals surface area contributed by atoms with E-state index in [9.17, 15) is 25.0 Å². The SMILES string of the molecule is O=C(OC1CCCCc2ccc(cc2)CCCC1)c1cc([N+](=O)[O-])cc([N+](=O)[O-])c1. The molecular formula is C22H24N2O6. The van der Waals surface area contributed by atoms with Gasteiger partial charge in [-0.15, -0.1) is 0 Å². The third-order valence-corrected chi connectivity index (χ3v) is 5.34. The van der Waals surface area contributed by atoms with Crippen molar-refractivity contribution in [2.75, 3.05) is 0 Å². The van der Waals surface area contributed by atoms with Crippen LogP contribution < -0.4 is 0 Å². The molecule has 8 heteroatoms. The van der Waals surface area contributed by atoms with Gasteiger partial charge in [0, 0.05) is 12.1 Å². The number of carbonyl (C=O) groups excluding carboxylic acids is 1. The highest BCUT2D eigenvalue weighted by Gasteiger charge is 2.23. The number of benzene rings is 2. The Morgan fingerprint density at radius 1 is 0.800 bits per heavy atom. The quantitative estimate of drug-likeness (QED) is 0.389. The number of rotatable bonds is 4. The van der Waals surface area contributed by atoms with E-state index in [0.717, 1.165) is 56.7 Å². The van der Waals surface area contributed by atoms with E-state index in [4.69, 9.17) is 4.74 Å². The molecule has 0 heterocycles. The second-order valence-electron chi connectivity index (χ2n) is 7.59. The molecule has 158 valence electrons. The minimum Gasteiger partial charge on any atom is -0.459 e. The third-order valence-electron chi connectivity index (χ3n) is 5.34. The predicted molar refractivity (Wildman–Crippen MR) is 111 cm³/mol. The molecule has 0 saturated heterocycles. The number of hydrogen-bond acceptors (Lipinski definition) is 6. The Balaban J connectivity index is 1.69. The van der Waals surface area contributed by atoms with Crippen molar-refractivity contribution >= 4 is 17.3 Å². The predicted octanol–water partition coefficient (Wildman–Crippen LogP) is 5.17. The molecule has 2 aliphatic rings. The third kappa shape index (κ3) is 5.85. The van der Waals surface area contributed by atoms with Crippen molar-refractivity contribution in [3.63, 3.8) is 0 Å². The first-order valence-corrected chi connectivity index (χ1v) is 10.1. The molecule has 0 radical (unpaired) electrons. The summed E-state index contributed by atoms with van der Waals surface area (Å²) in [6.45, 7) is 0. The summed E-state index contributed by atoms with van der Waals surface area (Å²) in [4.78, 5) is 33.2. The van der Waals surface area contributed by atoms with Crippen LogP contribution in [-0.2, 0) is 17.6 Å². The average Bonchev–Trinajstić information content (AvgIpc) is 2.77. The summed E-state index contributed by atoms with van der Waals surface area (Å²) in [7, 11) is 0. The van der Waals surface area contributed by atoms with Crippen LogP contribution in [0.1, 0.15) is 60.0 Å². The molecule has 0 saturated carbocycles. The van der Waals surface area contributed by atoms with Crippen LogP contribution in [0.5, 0.6) is 0 Å². The lowest BCUT2D eigenvalue weighted by Gasteiger charge is -2.18. The van der Waals surface area contributed by atoms with Crippen LogP contribution in [0.15, 0.2) is 42.5 Å². The van der Waals surface area contributed by atoms with Crippen LogP contribution in [0.4, 0.5) is 11.4 Å². The maximum absolute atomic E-state index is 12.6. The van der Waals surface area contributed by atoms with Gasteiger partial charge in [-0.2, -0.15) is 0 Å². The highest BCUT2D eigenvalue weighted by molar-refractivity contribution is 5.91. The number of esters is 1. The molecule has 8 nitrogen and oxygen atoms in total. The molecule has 0 aromatic heterocycles. The van der Waals surface area contributed by atoms with Gasteiger partial charge >= 0.3 is 5.97 Å². The van der Waals surface area contributed by atoms with Crippen molar-refractivity contribution in [2.45, 2.75) is 57.5 Å². The van der Waals surface area contributed by atoms with Gasteiger partial charge in [-0.1, -0.05) is 24.3 Å². The highest BCUT2D eigenvalue weighted by Crippen LogP contribution is 2.25. The minimum atomic E-state index is -0.761. The molecule has 2 aromatic rings. The van der Waals surface area contributed by atoms with E-state index in [0.29, 0.717) is 12.8 Å². The number of nitrogens with zero attached hydrogens (tertiary/aromatic N) is 2. The van der Waals surface area contributed by atoms with E-state index >= 15 is 0 Å². The Hall–Kier alpha value is -3.29. The first kappa shape index (κ1) is 21.4. The fourth-order valence-electron chi connectivity index (χ4n) is 3.68. The zero-order valence-electron chi connectivity index (χ0n) is 16.6. The topological polar surface area (TPSA) is 113 Å². The van der Waals surface area contributed by atoms with Crippen LogP contribution >= 0.6 is 0 Å². The molecule has 0 atom stereocenters. The number of fused-ring (bicyclic) bond motifs is 10. The van der Waals surface area contributed by atoms with Gasteiger partial charge in [0.1, 0.15) is 6.10 Å². The number of carbonyl (C=O) groups is 1. The summed E-state index contributed by atoms with van der Waals surface area (Å²) in [6, 6.07) is 11.6. The molecule has 0 N–H and O–H groups in total. The van der Waals surface area contributed by atoms with Crippen LogP contribution in [-0.4, -0.2) is 21.9 Å². The summed E-state index contributed by atoms with van der Waals surface area (Å²) in [5.41, 5.74) is 1.40. The zero-order chi connectivity index (χ0) is 21.5. The molecule has 2 aromatic carbocycles. The van der Waals surface area contributed by atoms with Crippen molar-refractivity contribution in [1.82, 2.24) is 0 Å². The summed E-state index contributed by atoms with van der Waals surface area (Å²) in [5.74, 6) is -0.761. The van der Waals surface area contributed by atoms with E-state index in [-0.39, 0.29) is 11.7 Å². The number of aryl methyl sites for hydroxylation is 2. The van der Waals surface area contributed by atoms with E-state index in [1.807, 2.05) is 0 Å². The monoisotopic (exact) mass is 412 g/mol. The highest BCUT2D eigenvalue weighted by atomic mass is 16.6. The second-order valence-corrected chi connectivity index (χ2v) is 7.59. The molecule has 30 heavy (non-hydrogen) atoms. The Morgan fingerprint density at radius 2 is 1.27 bits per heavy atom. The lowest BCUT2D eigenvalue weighted by molar-refractivity contribution is -0.394. The van der Waals surface area contributed by atoms with Gasteiger partial charge in [-0.3, -0.25) is 20.2 Å². The van der Waals surface area contributed by atoms with Gasteiger partial charge in [0.15, 0.2) is 0 Å².